The Kier molecular flexibility index (Phi) is 6.81. The van der Waals surface area contributed by atoms with Gasteiger partial charge in [-0.1, -0.05) is 17.7 Å². The van der Waals surface area contributed by atoms with Crippen molar-refractivity contribution in [3.05, 3.63) is 28.8 Å². The third-order valence-corrected chi connectivity index (χ3v) is 7.00. The number of hydrogen-bond acceptors (Lipinski definition) is 5. The lowest BCUT2D eigenvalue weighted by atomic mass is 9.74. The Labute approximate surface area is 190 Å². The number of rotatable bonds is 6. The maximum Gasteiger partial charge on any atom is 0.389 e. The molecule has 2 saturated heterocycles. The zero-order valence-electron chi connectivity index (χ0n) is 17.7. The molecule has 4 rings (SSSR count). The minimum atomic E-state index is -4.44. The average molecular weight is 474 g/mol. The van der Waals surface area contributed by atoms with E-state index in [1.807, 2.05) is 4.90 Å². The molecular formula is C22H27ClF3N3O3. The smallest absolute Gasteiger partial charge is 0.379 e. The van der Waals surface area contributed by atoms with E-state index in [4.69, 9.17) is 16.3 Å². The van der Waals surface area contributed by atoms with E-state index in [2.05, 4.69) is 5.32 Å². The highest BCUT2D eigenvalue weighted by Crippen LogP contribution is 2.51. The molecule has 10 heteroatoms. The molecule has 176 valence electrons. The van der Waals surface area contributed by atoms with Gasteiger partial charge in [-0.15, -0.1) is 0 Å². The summed E-state index contributed by atoms with van der Waals surface area (Å²) in [6.07, 6.45) is -5.25. The van der Waals surface area contributed by atoms with Crippen molar-refractivity contribution >= 4 is 29.0 Å². The highest BCUT2D eigenvalue weighted by atomic mass is 35.5. The lowest BCUT2D eigenvalue weighted by Crippen LogP contribution is -2.56. The molecule has 32 heavy (non-hydrogen) atoms. The molecule has 3 heterocycles. The predicted molar refractivity (Wildman–Crippen MR) is 114 cm³/mol. The van der Waals surface area contributed by atoms with Crippen molar-refractivity contribution in [1.29, 1.82) is 0 Å². The first-order valence-electron chi connectivity index (χ1n) is 11.0. The molecule has 3 aliphatic heterocycles. The number of alkyl halides is 3. The number of nitrogens with one attached hydrogen (secondary N) is 1. The third-order valence-electron chi connectivity index (χ3n) is 6.69. The monoisotopic (exact) mass is 473 g/mol. The topological polar surface area (TPSA) is 61.9 Å². The van der Waals surface area contributed by atoms with Crippen LogP contribution in [0.4, 0.5) is 18.9 Å². The van der Waals surface area contributed by atoms with Gasteiger partial charge in [-0.05, 0) is 38.1 Å². The fraction of sp³-hybridized carbons (Fsp3) is 0.636. The molecule has 1 amide bonds. The summed E-state index contributed by atoms with van der Waals surface area (Å²) in [5, 5.41) is 3.70. The summed E-state index contributed by atoms with van der Waals surface area (Å²) >= 11 is 6.56. The van der Waals surface area contributed by atoms with Crippen molar-refractivity contribution in [2.75, 3.05) is 50.8 Å². The second-order valence-electron chi connectivity index (χ2n) is 8.65. The Morgan fingerprint density at radius 3 is 2.56 bits per heavy atom. The molecule has 1 N–H and O–H groups in total. The number of Topliss-reactive ketones (excluding diaryl/α,β-unsaturated/α-hetero) is 1. The van der Waals surface area contributed by atoms with E-state index in [-0.39, 0.29) is 12.5 Å². The molecule has 2 fully saturated rings. The van der Waals surface area contributed by atoms with Crippen LogP contribution in [0.5, 0.6) is 0 Å². The molecule has 0 aliphatic carbocycles. The fourth-order valence-corrected chi connectivity index (χ4v) is 5.40. The number of halogens is 4. The largest absolute Gasteiger partial charge is 0.389 e. The minimum absolute atomic E-state index is 0.173. The number of piperidine rings is 1. The highest BCUT2D eigenvalue weighted by Gasteiger charge is 2.55. The molecule has 3 aliphatic rings. The van der Waals surface area contributed by atoms with Gasteiger partial charge < -0.3 is 10.1 Å². The highest BCUT2D eigenvalue weighted by molar-refractivity contribution is 6.33. The van der Waals surface area contributed by atoms with Gasteiger partial charge in [-0.2, -0.15) is 13.2 Å². The third kappa shape index (κ3) is 4.53. The second-order valence-corrected chi connectivity index (χ2v) is 9.06. The van der Waals surface area contributed by atoms with Gasteiger partial charge in [0.05, 0.1) is 30.7 Å². The van der Waals surface area contributed by atoms with E-state index in [1.54, 1.807) is 18.2 Å². The Morgan fingerprint density at radius 1 is 1.22 bits per heavy atom. The number of amides is 1. The van der Waals surface area contributed by atoms with Crippen LogP contribution in [0.25, 0.3) is 0 Å². The summed E-state index contributed by atoms with van der Waals surface area (Å²) < 4.78 is 44.0. The number of ether oxygens (including phenoxy) is 1. The van der Waals surface area contributed by atoms with Crippen LogP contribution in [-0.2, 0) is 19.7 Å². The molecule has 1 spiro atoms. The Balaban J connectivity index is 1.71. The van der Waals surface area contributed by atoms with Gasteiger partial charge >= 0.3 is 6.18 Å². The van der Waals surface area contributed by atoms with Crippen LogP contribution in [0.1, 0.15) is 31.2 Å². The number of ketones is 1. The SMILES string of the molecule is O=C(CCC(F)(F)F)C(CN1CCOCC1)N1C(=O)C2(CCNCC2)c2c(Cl)cccc21. The standard InChI is InChI=1S/C22H27ClF3N3O3/c23-15-2-1-3-16-19(15)21(6-8-27-9-7-21)20(31)29(16)17(14-28-10-12-32-13-11-28)18(30)4-5-22(24,25)26/h1-3,17,27H,4-14H2. The zero-order valence-corrected chi connectivity index (χ0v) is 18.5. The molecule has 0 radical (unpaired) electrons. The van der Waals surface area contributed by atoms with Crippen molar-refractivity contribution < 1.29 is 27.5 Å². The zero-order chi connectivity index (χ0) is 22.9. The van der Waals surface area contributed by atoms with Gasteiger partial charge in [0.2, 0.25) is 5.91 Å². The quantitative estimate of drug-likeness (QED) is 0.688. The van der Waals surface area contributed by atoms with Gasteiger partial charge in [0, 0.05) is 36.6 Å². The van der Waals surface area contributed by atoms with Crippen molar-refractivity contribution in [3.63, 3.8) is 0 Å². The maximum absolute atomic E-state index is 13.9. The average Bonchev–Trinajstić information content (AvgIpc) is 3.00. The summed E-state index contributed by atoms with van der Waals surface area (Å²) in [5.41, 5.74) is 0.388. The fourth-order valence-electron chi connectivity index (χ4n) is 5.05. The number of anilines is 1. The van der Waals surface area contributed by atoms with Gasteiger partial charge in [0.1, 0.15) is 6.04 Å². The van der Waals surface area contributed by atoms with E-state index in [9.17, 15) is 22.8 Å². The lowest BCUT2D eigenvalue weighted by Gasteiger charge is -2.37. The van der Waals surface area contributed by atoms with Crippen LogP contribution < -0.4 is 10.2 Å². The van der Waals surface area contributed by atoms with Crippen LogP contribution in [0.2, 0.25) is 5.02 Å². The van der Waals surface area contributed by atoms with Gasteiger partial charge in [0.25, 0.3) is 0 Å². The summed E-state index contributed by atoms with van der Waals surface area (Å²) in [7, 11) is 0. The molecule has 1 aromatic carbocycles. The first kappa shape index (κ1) is 23.5. The predicted octanol–water partition coefficient (Wildman–Crippen LogP) is 2.92. The number of fused-ring (bicyclic) bond motifs is 2. The number of carbonyl (C=O) groups excluding carboxylic acids is 2. The number of nitrogens with zero attached hydrogens (tertiary/aromatic N) is 2. The van der Waals surface area contributed by atoms with E-state index in [1.165, 1.54) is 4.90 Å². The van der Waals surface area contributed by atoms with E-state index in [0.717, 1.165) is 0 Å². The number of benzene rings is 1. The van der Waals surface area contributed by atoms with E-state index >= 15 is 0 Å². The first-order valence-corrected chi connectivity index (χ1v) is 11.3. The molecular weight excluding hydrogens is 447 g/mol. The Hall–Kier alpha value is -1.68. The lowest BCUT2D eigenvalue weighted by molar-refractivity contribution is -0.144. The van der Waals surface area contributed by atoms with Crippen LogP contribution in [-0.4, -0.2) is 74.7 Å². The van der Waals surface area contributed by atoms with Crippen molar-refractivity contribution in [2.24, 2.45) is 0 Å². The minimum Gasteiger partial charge on any atom is -0.379 e. The molecule has 1 aromatic rings. The normalized spacial score (nSPS) is 22.2. The number of carbonyl (C=O) groups is 2. The molecule has 0 saturated carbocycles. The Morgan fingerprint density at radius 2 is 1.91 bits per heavy atom. The molecule has 1 atom stereocenters. The van der Waals surface area contributed by atoms with Gasteiger partial charge in [-0.25, -0.2) is 0 Å². The van der Waals surface area contributed by atoms with Gasteiger partial charge in [-0.3, -0.25) is 19.4 Å². The summed E-state index contributed by atoms with van der Waals surface area (Å²) in [6.45, 7) is 3.50. The molecule has 6 nitrogen and oxygen atoms in total. The maximum atomic E-state index is 13.9. The first-order chi connectivity index (χ1) is 15.2. The van der Waals surface area contributed by atoms with Crippen molar-refractivity contribution in [3.8, 4) is 0 Å². The van der Waals surface area contributed by atoms with Crippen LogP contribution in [0.3, 0.4) is 0 Å². The Bertz CT molecular complexity index is 868. The number of hydrogen-bond donors (Lipinski definition) is 1. The number of morpholine rings is 1. The summed E-state index contributed by atoms with van der Waals surface area (Å²) in [5.74, 6) is -0.820. The second kappa shape index (κ2) is 9.29. The van der Waals surface area contributed by atoms with Crippen LogP contribution >= 0.6 is 11.6 Å². The van der Waals surface area contributed by atoms with Crippen molar-refractivity contribution in [2.45, 2.75) is 43.3 Å². The van der Waals surface area contributed by atoms with Gasteiger partial charge in [0.15, 0.2) is 5.78 Å². The summed E-state index contributed by atoms with van der Waals surface area (Å²) in [4.78, 5) is 30.5. The van der Waals surface area contributed by atoms with E-state index < -0.39 is 36.3 Å². The molecule has 0 aromatic heterocycles. The van der Waals surface area contributed by atoms with E-state index in [0.29, 0.717) is 68.5 Å². The summed E-state index contributed by atoms with van der Waals surface area (Å²) in [6, 6.07) is 4.19. The van der Waals surface area contributed by atoms with Crippen LogP contribution in [0.15, 0.2) is 18.2 Å². The van der Waals surface area contributed by atoms with Crippen molar-refractivity contribution in [1.82, 2.24) is 10.2 Å². The van der Waals surface area contributed by atoms with Crippen LogP contribution in [0, 0.1) is 0 Å². The molecule has 0 bridgehead atoms. The molecule has 1 unspecified atom stereocenters.